The van der Waals surface area contributed by atoms with Gasteiger partial charge in [-0.25, -0.2) is 9.29 Å². The van der Waals surface area contributed by atoms with E-state index in [4.69, 9.17) is 4.84 Å². The fourth-order valence-electron chi connectivity index (χ4n) is 3.42. The number of fused-ring (bicyclic) bond motifs is 1. The molecule has 0 unspecified atom stereocenters. The lowest BCUT2D eigenvalue weighted by Crippen LogP contribution is -2.34. The molecule has 2 aliphatic rings. The third-order valence-electron chi connectivity index (χ3n) is 4.62. The summed E-state index contributed by atoms with van der Waals surface area (Å²) in [6.45, 7) is 3.71. The molecule has 0 aromatic heterocycles. The highest BCUT2D eigenvalue weighted by molar-refractivity contribution is 6.32. The van der Waals surface area contributed by atoms with Crippen LogP contribution in [-0.2, 0) is 14.4 Å². The van der Waals surface area contributed by atoms with E-state index in [2.05, 4.69) is 5.16 Å². The molecule has 0 spiro atoms. The molecule has 5 nitrogen and oxygen atoms in total. The number of imide groups is 1. The largest absolute Gasteiger partial charge is 0.381 e. The Bertz CT molecular complexity index is 901. The van der Waals surface area contributed by atoms with E-state index < -0.39 is 17.9 Å². The maximum Gasteiger partial charge on any atom is 0.278 e. The van der Waals surface area contributed by atoms with Crippen LogP contribution in [0.15, 0.2) is 47.6 Å². The molecule has 0 bridgehead atoms. The van der Waals surface area contributed by atoms with Gasteiger partial charge in [-0.2, -0.15) is 0 Å². The lowest BCUT2D eigenvalue weighted by molar-refractivity contribution is -0.126. The van der Waals surface area contributed by atoms with Gasteiger partial charge in [0.05, 0.1) is 5.69 Å². The van der Waals surface area contributed by atoms with E-state index >= 15 is 0 Å². The first kappa shape index (κ1) is 15.5. The van der Waals surface area contributed by atoms with Crippen LogP contribution in [0.3, 0.4) is 0 Å². The summed E-state index contributed by atoms with van der Waals surface area (Å²) < 4.78 is 13.2. The van der Waals surface area contributed by atoms with Crippen molar-refractivity contribution in [2.24, 2.45) is 11.1 Å². The first-order valence-corrected chi connectivity index (χ1v) is 7.92. The van der Waals surface area contributed by atoms with E-state index in [-0.39, 0.29) is 11.7 Å². The number of carbonyl (C=O) groups excluding carboxylic acids is 2. The van der Waals surface area contributed by atoms with Gasteiger partial charge in [-0.3, -0.25) is 9.59 Å². The molecular formula is C19H15FN2O3. The number of para-hydroxylation sites is 1. The van der Waals surface area contributed by atoms with Crippen molar-refractivity contribution in [3.05, 3.63) is 65.0 Å². The summed E-state index contributed by atoms with van der Waals surface area (Å²) in [6.07, 6.45) is -0.966. The second-order valence-electron chi connectivity index (χ2n) is 6.24. The van der Waals surface area contributed by atoms with Crippen molar-refractivity contribution < 1.29 is 18.8 Å². The van der Waals surface area contributed by atoms with Crippen LogP contribution in [0.1, 0.15) is 16.7 Å². The van der Waals surface area contributed by atoms with Crippen molar-refractivity contribution in [1.29, 1.82) is 0 Å². The molecule has 2 aromatic rings. The average molecular weight is 338 g/mol. The van der Waals surface area contributed by atoms with Crippen LogP contribution in [0.4, 0.5) is 10.1 Å². The van der Waals surface area contributed by atoms with Crippen molar-refractivity contribution in [3.8, 4) is 0 Å². The fourth-order valence-corrected chi connectivity index (χ4v) is 3.42. The molecular weight excluding hydrogens is 323 g/mol. The van der Waals surface area contributed by atoms with Crippen LogP contribution >= 0.6 is 0 Å². The highest BCUT2D eigenvalue weighted by atomic mass is 19.1. The standard InChI is InChI=1S/C19H15FN2O3/c1-10-4-3-5-11(2)16(10)22-18(23)14-15(21-25-17(14)19(22)24)12-6-8-13(20)9-7-12/h3-9,14,17H,1-2H3/t14-,17-/m0/s1. The molecule has 2 amide bonds. The Kier molecular flexibility index (Phi) is 3.42. The number of oxime groups is 1. The maximum absolute atomic E-state index is 13.2. The first-order valence-electron chi connectivity index (χ1n) is 7.92. The predicted molar refractivity (Wildman–Crippen MR) is 89.7 cm³/mol. The minimum atomic E-state index is -0.966. The van der Waals surface area contributed by atoms with Gasteiger partial charge >= 0.3 is 0 Å². The molecule has 0 radical (unpaired) electrons. The first-order chi connectivity index (χ1) is 12.0. The predicted octanol–water partition coefficient (Wildman–Crippen LogP) is 2.74. The second-order valence-corrected chi connectivity index (χ2v) is 6.24. The van der Waals surface area contributed by atoms with E-state index in [1.165, 1.54) is 29.2 Å². The van der Waals surface area contributed by atoms with Gasteiger partial charge in [0.2, 0.25) is 12.0 Å². The number of hydrogen-bond acceptors (Lipinski definition) is 4. The van der Waals surface area contributed by atoms with Crippen LogP contribution in [-0.4, -0.2) is 23.6 Å². The average Bonchev–Trinajstić information content (AvgIpc) is 3.11. The van der Waals surface area contributed by atoms with Gasteiger partial charge < -0.3 is 4.84 Å². The van der Waals surface area contributed by atoms with Gasteiger partial charge in [0.15, 0.2) is 0 Å². The number of amides is 2. The Balaban J connectivity index is 1.75. The van der Waals surface area contributed by atoms with Crippen molar-refractivity contribution in [2.45, 2.75) is 20.0 Å². The summed E-state index contributed by atoms with van der Waals surface area (Å²) in [5.74, 6) is -1.98. The molecule has 1 saturated heterocycles. The van der Waals surface area contributed by atoms with Gasteiger partial charge in [0.25, 0.3) is 5.91 Å². The number of benzene rings is 2. The molecule has 1 fully saturated rings. The molecule has 4 rings (SSSR count). The van der Waals surface area contributed by atoms with Gasteiger partial charge in [-0.1, -0.05) is 35.5 Å². The monoisotopic (exact) mass is 338 g/mol. The lowest BCUT2D eigenvalue weighted by Gasteiger charge is -2.20. The quantitative estimate of drug-likeness (QED) is 0.791. The van der Waals surface area contributed by atoms with Crippen molar-refractivity contribution in [2.75, 3.05) is 4.90 Å². The van der Waals surface area contributed by atoms with Crippen molar-refractivity contribution >= 4 is 23.2 Å². The molecule has 2 atom stereocenters. The maximum atomic E-state index is 13.2. The number of hydrogen-bond donors (Lipinski definition) is 0. The van der Waals surface area contributed by atoms with Gasteiger partial charge in [-0.05, 0) is 37.1 Å². The Morgan fingerprint density at radius 3 is 2.28 bits per heavy atom. The molecule has 25 heavy (non-hydrogen) atoms. The smallest absolute Gasteiger partial charge is 0.278 e. The van der Waals surface area contributed by atoms with Crippen LogP contribution in [0, 0.1) is 25.6 Å². The fraction of sp³-hybridized carbons (Fsp3) is 0.211. The summed E-state index contributed by atoms with van der Waals surface area (Å²) in [7, 11) is 0. The molecule has 0 saturated carbocycles. The van der Waals surface area contributed by atoms with Crippen LogP contribution in [0.2, 0.25) is 0 Å². The normalized spacial score (nSPS) is 22.0. The third kappa shape index (κ3) is 2.25. The lowest BCUT2D eigenvalue weighted by atomic mass is 9.94. The zero-order valence-electron chi connectivity index (χ0n) is 13.7. The van der Waals surface area contributed by atoms with E-state index in [9.17, 15) is 14.0 Å². The molecule has 0 N–H and O–H groups in total. The second kappa shape index (κ2) is 5.51. The number of aryl methyl sites for hydroxylation is 2. The van der Waals surface area contributed by atoms with Crippen LogP contribution in [0.5, 0.6) is 0 Å². The number of carbonyl (C=O) groups is 2. The van der Waals surface area contributed by atoms with E-state index in [1.54, 1.807) is 0 Å². The summed E-state index contributed by atoms with van der Waals surface area (Å²) in [5.41, 5.74) is 3.19. The Labute approximate surface area is 143 Å². The molecule has 2 aliphatic heterocycles. The minimum Gasteiger partial charge on any atom is -0.381 e. The zero-order valence-corrected chi connectivity index (χ0v) is 13.7. The zero-order chi connectivity index (χ0) is 17.7. The van der Waals surface area contributed by atoms with Crippen molar-refractivity contribution in [1.82, 2.24) is 0 Å². The van der Waals surface area contributed by atoms with Gasteiger partial charge in [0.1, 0.15) is 17.4 Å². The van der Waals surface area contributed by atoms with Crippen LogP contribution in [0.25, 0.3) is 0 Å². The van der Waals surface area contributed by atoms with Gasteiger partial charge in [0, 0.05) is 5.56 Å². The van der Waals surface area contributed by atoms with Crippen molar-refractivity contribution in [3.63, 3.8) is 0 Å². The Morgan fingerprint density at radius 1 is 1.00 bits per heavy atom. The van der Waals surface area contributed by atoms with E-state index in [1.807, 2.05) is 32.0 Å². The third-order valence-corrected chi connectivity index (χ3v) is 4.62. The van der Waals surface area contributed by atoms with E-state index in [0.29, 0.717) is 17.0 Å². The van der Waals surface area contributed by atoms with Gasteiger partial charge in [-0.15, -0.1) is 0 Å². The minimum absolute atomic E-state index is 0.358. The molecule has 0 aliphatic carbocycles. The number of anilines is 1. The topological polar surface area (TPSA) is 59.0 Å². The number of halogens is 1. The highest BCUT2D eigenvalue weighted by Crippen LogP contribution is 2.37. The SMILES string of the molecule is Cc1cccc(C)c1N1C(=O)[C@H]2C(c3ccc(F)cc3)=NO[C@@H]2C1=O. The number of nitrogens with zero attached hydrogens (tertiary/aromatic N) is 2. The molecule has 2 aromatic carbocycles. The number of rotatable bonds is 2. The van der Waals surface area contributed by atoms with E-state index in [0.717, 1.165) is 11.1 Å². The Morgan fingerprint density at radius 2 is 1.64 bits per heavy atom. The molecule has 126 valence electrons. The molecule has 2 heterocycles. The Hall–Kier alpha value is -3.02. The van der Waals surface area contributed by atoms with Crippen LogP contribution < -0.4 is 4.90 Å². The molecule has 6 heteroatoms. The summed E-state index contributed by atoms with van der Waals surface area (Å²) in [4.78, 5) is 32.3. The summed E-state index contributed by atoms with van der Waals surface area (Å²) >= 11 is 0. The summed E-state index contributed by atoms with van der Waals surface area (Å²) in [6, 6.07) is 11.2. The highest BCUT2D eigenvalue weighted by Gasteiger charge is 2.56. The summed E-state index contributed by atoms with van der Waals surface area (Å²) in [5, 5.41) is 3.92.